The van der Waals surface area contributed by atoms with Gasteiger partial charge in [-0.05, 0) is 12.8 Å². The fourth-order valence-corrected chi connectivity index (χ4v) is 8.48. The van der Waals surface area contributed by atoms with Crippen LogP contribution in [0.25, 0.3) is 0 Å². The van der Waals surface area contributed by atoms with Gasteiger partial charge in [-0.3, -0.25) is 9.59 Å². The van der Waals surface area contributed by atoms with Crippen LogP contribution in [0.15, 0.2) is 0 Å². The number of carboxylic acids is 2. The van der Waals surface area contributed by atoms with Crippen molar-refractivity contribution in [2.75, 3.05) is 0 Å². The average Bonchev–Trinajstić information content (AvgIpc) is 3.21. The first kappa shape index (κ1) is 59.0. The summed E-state index contributed by atoms with van der Waals surface area (Å²) in [5.74, 6) is -1.30. The van der Waals surface area contributed by atoms with Crippen molar-refractivity contribution >= 4 is 11.9 Å². The van der Waals surface area contributed by atoms with Crippen molar-refractivity contribution in [2.45, 2.75) is 335 Å². The van der Waals surface area contributed by atoms with Crippen LogP contribution < -0.4 is 0 Å². The standard InChI is InChI=1S/C30H60O2.C24H48O2/c1-2-3-4-5-6-7-8-9-10-11-12-13-14-15-16-17-18-19-20-21-22-23-24-25-26-27-28-29-30(31)32;1-2-3-4-5-6-7-8-9-10-11-12-13-14-15-16-17-18-19-20-21-22-23-24(25)26/h2-29H2,1H3,(H,31,32);2-23H2,1H3,(H,25,26). The summed E-state index contributed by atoms with van der Waals surface area (Å²) in [6.45, 7) is 4.58. The largest absolute Gasteiger partial charge is 0.481 e. The molecule has 0 saturated heterocycles. The number of unbranched alkanes of at least 4 members (excludes halogenated alkanes) is 46. The maximum absolute atomic E-state index is 10.4. The molecule has 2 N–H and O–H groups in total. The smallest absolute Gasteiger partial charge is 0.303 e. The molecule has 0 fully saturated rings. The highest BCUT2D eigenvalue weighted by molar-refractivity contribution is 5.66. The van der Waals surface area contributed by atoms with E-state index < -0.39 is 11.9 Å². The zero-order valence-corrected chi connectivity index (χ0v) is 40.1. The number of rotatable bonds is 50. The number of hydrogen-bond donors (Lipinski definition) is 2. The van der Waals surface area contributed by atoms with Crippen LogP contribution in [0.2, 0.25) is 0 Å². The molecule has 0 aliphatic rings. The molecule has 4 heteroatoms. The third-order valence-electron chi connectivity index (χ3n) is 12.5. The zero-order valence-electron chi connectivity index (χ0n) is 40.1. The Labute approximate surface area is 365 Å². The third-order valence-corrected chi connectivity index (χ3v) is 12.5. The predicted octanol–water partition coefficient (Wildman–Crippen LogP) is 19.7. The number of aliphatic carboxylic acids is 2. The van der Waals surface area contributed by atoms with Crippen molar-refractivity contribution in [3.63, 3.8) is 0 Å². The van der Waals surface area contributed by atoms with Crippen LogP contribution in [0.4, 0.5) is 0 Å². The summed E-state index contributed by atoms with van der Waals surface area (Å²) in [4.78, 5) is 20.8. The quantitative estimate of drug-likeness (QED) is 0.0600. The summed E-state index contributed by atoms with van der Waals surface area (Å²) in [6.07, 6.45) is 67.0. The van der Waals surface area contributed by atoms with Gasteiger partial charge in [0, 0.05) is 12.8 Å². The molecule has 0 saturated carbocycles. The van der Waals surface area contributed by atoms with E-state index in [0.717, 1.165) is 25.7 Å². The van der Waals surface area contributed by atoms with E-state index in [0.29, 0.717) is 12.8 Å². The summed E-state index contributed by atoms with van der Waals surface area (Å²) in [5.41, 5.74) is 0. The monoisotopic (exact) mass is 821 g/mol. The summed E-state index contributed by atoms with van der Waals surface area (Å²) in [6, 6.07) is 0. The predicted molar refractivity (Wildman–Crippen MR) is 257 cm³/mol. The van der Waals surface area contributed by atoms with E-state index in [1.165, 1.54) is 283 Å². The van der Waals surface area contributed by atoms with Crippen molar-refractivity contribution in [3.05, 3.63) is 0 Å². The lowest BCUT2D eigenvalue weighted by Crippen LogP contribution is -1.93. The summed E-state index contributed by atoms with van der Waals surface area (Å²) in [7, 11) is 0. The molecule has 0 amide bonds. The fraction of sp³-hybridized carbons (Fsp3) is 0.963. The van der Waals surface area contributed by atoms with E-state index in [-0.39, 0.29) is 0 Å². The maximum Gasteiger partial charge on any atom is 0.303 e. The number of hydrogen-bond acceptors (Lipinski definition) is 2. The van der Waals surface area contributed by atoms with Gasteiger partial charge in [-0.25, -0.2) is 0 Å². The topological polar surface area (TPSA) is 74.6 Å². The molecule has 0 bridgehead atoms. The summed E-state index contributed by atoms with van der Waals surface area (Å²) in [5, 5.41) is 17.2. The van der Waals surface area contributed by atoms with E-state index in [9.17, 15) is 9.59 Å². The first-order valence-electron chi connectivity index (χ1n) is 27.0. The normalized spacial score (nSPS) is 11.2. The van der Waals surface area contributed by atoms with Gasteiger partial charge in [-0.2, -0.15) is 0 Å². The van der Waals surface area contributed by atoms with Crippen LogP contribution in [0, 0.1) is 0 Å². The van der Waals surface area contributed by atoms with E-state index in [1.54, 1.807) is 0 Å². The van der Waals surface area contributed by atoms with E-state index in [2.05, 4.69) is 13.8 Å². The molecular formula is C54H108O4. The first-order chi connectivity index (χ1) is 28.5. The van der Waals surface area contributed by atoms with Crippen LogP contribution >= 0.6 is 0 Å². The minimum Gasteiger partial charge on any atom is -0.481 e. The van der Waals surface area contributed by atoms with E-state index in [4.69, 9.17) is 10.2 Å². The molecule has 0 spiro atoms. The van der Waals surface area contributed by atoms with Crippen LogP contribution in [0.5, 0.6) is 0 Å². The highest BCUT2D eigenvalue weighted by Crippen LogP contribution is 2.18. The lowest BCUT2D eigenvalue weighted by atomic mass is 10.0. The van der Waals surface area contributed by atoms with Crippen molar-refractivity contribution in [2.24, 2.45) is 0 Å². The average molecular weight is 821 g/mol. The number of carboxylic acid groups (broad SMARTS) is 2. The third kappa shape index (κ3) is 61.6. The van der Waals surface area contributed by atoms with Gasteiger partial charge < -0.3 is 10.2 Å². The van der Waals surface area contributed by atoms with Gasteiger partial charge in [0.15, 0.2) is 0 Å². The molecule has 0 rings (SSSR count). The summed E-state index contributed by atoms with van der Waals surface area (Å²) < 4.78 is 0. The minimum atomic E-state index is -0.650. The van der Waals surface area contributed by atoms with Gasteiger partial charge in [-0.1, -0.05) is 309 Å². The molecule has 4 nitrogen and oxygen atoms in total. The molecule has 0 unspecified atom stereocenters. The zero-order chi connectivity index (χ0) is 42.5. The molecule has 0 radical (unpaired) electrons. The Morgan fingerprint density at radius 2 is 0.310 bits per heavy atom. The molecule has 0 aromatic heterocycles. The molecule has 0 heterocycles. The second-order valence-electron chi connectivity index (χ2n) is 18.6. The lowest BCUT2D eigenvalue weighted by molar-refractivity contribution is -0.138. The SMILES string of the molecule is CCCCCCCCCCCCCCCCCCCCCCCC(=O)O.CCCCCCCCCCCCCCCCCCCCCCCCCCCCCC(=O)O. The molecule has 58 heavy (non-hydrogen) atoms. The van der Waals surface area contributed by atoms with Crippen LogP contribution in [-0.4, -0.2) is 22.2 Å². The van der Waals surface area contributed by atoms with Crippen LogP contribution in [0.3, 0.4) is 0 Å². The van der Waals surface area contributed by atoms with E-state index in [1.807, 2.05) is 0 Å². The molecule has 0 atom stereocenters. The van der Waals surface area contributed by atoms with Gasteiger partial charge in [-0.15, -0.1) is 0 Å². The molecular weight excluding hydrogens is 713 g/mol. The van der Waals surface area contributed by atoms with Crippen molar-refractivity contribution in [1.29, 1.82) is 0 Å². The Hall–Kier alpha value is -1.06. The second-order valence-corrected chi connectivity index (χ2v) is 18.6. The molecule has 0 aromatic carbocycles. The Balaban J connectivity index is 0. The lowest BCUT2D eigenvalue weighted by Gasteiger charge is -2.04. The highest BCUT2D eigenvalue weighted by atomic mass is 16.4. The van der Waals surface area contributed by atoms with Crippen molar-refractivity contribution in [3.8, 4) is 0 Å². The Morgan fingerprint density at radius 1 is 0.207 bits per heavy atom. The second kappa shape index (κ2) is 55.9. The van der Waals surface area contributed by atoms with Crippen molar-refractivity contribution in [1.82, 2.24) is 0 Å². The van der Waals surface area contributed by atoms with Gasteiger partial charge in [0.05, 0.1) is 0 Å². The van der Waals surface area contributed by atoms with Gasteiger partial charge in [0.1, 0.15) is 0 Å². The Morgan fingerprint density at radius 3 is 0.414 bits per heavy atom. The van der Waals surface area contributed by atoms with Crippen LogP contribution in [0.1, 0.15) is 335 Å². The number of carbonyl (C=O) groups is 2. The van der Waals surface area contributed by atoms with E-state index >= 15 is 0 Å². The van der Waals surface area contributed by atoms with Gasteiger partial charge in [0.25, 0.3) is 0 Å². The molecule has 348 valence electrons. The minimum absolute atomic E-state index is 0.346. The van der Waals surface area contributed by atoms with Gasteiger partial charge in [0.2, 0.25) is 0 Å². The fourth-order valence-electron chi connectivity index (χ4n) is 8.48. The summed E-state index contributed by atoms with van der Waals surface area (Å²) >= 11 is 0. The molecule has 0 aromatic rings. The highest BCUT2D eigenvalue weighted by Gasteiger charge is 2.00. The molecule has 0 aliphatic carbocycles. The first-order valence-corrected chi connectivity index (χ1v) is 27.0. The van der Waals surface area contributed by atoms with Gasteiger partial charge >= 0.3 is 11.9 Å². The molecule has 0 aliphatic heterocycles. The van der Waals surface area contributed by atoms with Crippen LogP contribution in [-0.2, 0) is 9.59 Å². The Kier molecular flexibility index (Phi) is 56.9. The Bertz CT molecular complexity index is 751. The maximum atomic E-state index is 10.4. The van der Waals surface area contributed by atoms with Crippen molar-refractivity contribution < 1.29 is 19.8 Å².